The van der Waals surface area contributed by atoms with Crippen molar-refractivity contribution in [1.29, 1.82) is 0 Å². The van der Waals surface area contributed by atoms with Crippen molar-refractivity contribution in [2.24, 2.45) is 0 Å². The average Bonchev–Trinajstić information content (AvgIpc) is 2.38. The minimum absolute atomic E-state index is 0.0723. The molecule has 0 bridgehead atoms. The third-order valence-corrected chi connectivity index (χ3v) is 2.81. The molecule has 0 atom stereocenters. The normalized spacial score (nSPS) is 10.8. The van der Waals surface area contributed by atoms with Gasteiger partial charge in [0.2, 0.25) is 0 Å². The first-order valence-corrected chi connectivity index (χ1v) is 7.23. The summed E-state index contributed by atoms with van der Waals surface area (Å²) in [5, 5.41) is 8.38. The summed E-state index contributed by atoms with van der Waals surface area (Å²) in [6.45, 7) is 2.21. The van der Waals surface area contributed by atoms with E-state index in [1.165, 1.54) is 44.8 Å². The summed E-state index contributed by atoms with van der Waals surface area (Å²) in [5.41, 5.74) is 0. The summed E-state index contributed by atoms with van der Waals surface area (Å²) in [6, 6.07) is 0. The molecule has 0 aliphatic heterocycles. The Balaban J connectivity index is 3.29. The Bertz CT molecular complexity index is 271. The van der Waals surface area contributed by atoms with Crippen molar-refractivity contribution in [2.45, 2.75) is 71.1 Å². The second-order valence-electron chi connectivity index (χ2n) is 4.67. The van der Waals surface area contributed by atoms with E-state index in [4.69, 9.17) is 9.84 Å². The Morgan fingerprint density at radius 2 is 1.63 bits per heavy atom. The first-order valence-electron chi connectivity index (χ1n) is 7.23. The summed E-state index contributed by atoms with van der Waals surface area (Å²) in [5.74, 6) is -1.47. The summed E-state index contributed by atoms with van der Waals surface area (Å²) in [7, 11) is 0. The second kappa shape index (κ2) is 13.1. The van der Waals surface area contributed by atoms with Gasteiger partial charge in [-0.3, -0.25) is 9.59 Å². The smallest absolute Gasteiger partial charge is 0.311 e. The van der Waals surface area contributed by atoms with Crippen LogP contribution in [0.5, 0.6) is 0 Å². The lowest BCUT2D eigenvalue weighted by atomic mass is 10.1. The van der Waals surface area contributed by atoms with Crippen molar-refractivity contribution in [3.63, 3.8) is 0 Å². The summed E-state index contributed by atoms with van der Waals surface area (Å²) in [6.07, 6.45) is 12.7. The molecule has 0 saturated heterocycles. The summed E-state index contributed by atoms with van der Waals surface area (Å²) >= 11 is 0. The van der Waals surface area contributed by atoms with Crippen LogP contribution in [-0.2, 0) is 14.3 Å². The molecule has 4 heteroatoms. The summed E-state index contributed by atoms with van der Waals surface area (Å²) in [4.78, 5) is 21.3. The SMILES string of the molecule is CCCCCCCCCC=COC(=O)CCC(=O)O. The lowest BCUT2D eigenvalue weighted by Crippen LogP contribution is -2.03. The van der Waals surface area contributed by atoms with Crippen LogP contribution < -0.4 is 0 Å². The number of hydrogen-bond acceptors (Lipinski definition) is 3. The molecular weight excluding hydrogens is 244 g/mol. The monoisotopic (exact) mass is 270 g/mol. The molecule has 0 aromatic rings. The molecular formula is C15H26O4. The molecule has 1 N–H and O–H groups in total. The first kappa shape index (κ1) is 17.7. The topological polar surface area (TPSA) is 63.6 Å². The number of esters is 1. The van der Waals surface area contributed by atoms with Crippen LogP contribution in [0.2, 0.25) is 0 Å². The van der Waals surface area contributed by atoms with Gasteiger partial charge in [0.1, 0.15) is 0 Å². The maximum atomic E-state index is 11.0. The van der Waals surface area contributed by atoms with Crippen LogP contribution in [0, 0.1) is 0 Å². The predicted octanol–water partition coefficient (Wildman–Crippen LogP) is 4.05. The average molecular weight is 270 g/mol. The van der Waals surface area contributed by atoms with Crippen LogP contribution in [0.1, 0.15) is 71.1 Å². The number of carboxylic acids is 1. The third-order valence-electron chi connectivity index (χ3n) is 2.81. The molecule has 0 amide bonds. The van der Waals surface area contributed by atoms with Gasteiger partial charge in [0.05, 0.1) is 19.1 Å². The Morgan fingerprint density at radius 3 is 2.26 bits per heavy atom. The molecule has 0 aromatic heterocycles. The van der Waals surface area contributed by atoms with Crippen LogP contribution in [0.15, 0.2) is 12.3 Å². The quantitative estimate of drug-likeness (QED) is 0.330. The Kier molecular flexibility index (Phi) is 12.2. The molecule has 0 radical (unpaired) electrons. The van der Waals surface area contributed by atoms with Crippen LogP contribution >= 0.6 is 0 Å². The highest BCUT2D eigenvalue weighted by atomic mass is 16.5. The zero-order chi connectivity index (χ0) is 14.3. The largest absolute Gasteiger partial charge is 0.481 e. The number of unbranched alkanes of at least 4 members (excludes halogenated alkanes) is 7. The molecule has 0 spiro atoms. The van der Waals surface area contributed by atoms with E-state index in [2.05, 4.69) is 6.92 Å². The number of carbonyl (C=O) groups is 2. The number of carboxylic acid groups (broad SMARTS) is 1. The standard InChI is InChI=1S/C15H26O4/c1-2-3-4-5-6-7-8-9-10-13-19-15(18)12-11-14(16)17/h10,13H,2-9,11-12H2,1H3,(H,16,17). The Hall–Kier alpha value is -1.32. The van der Waals surface area contributed by atoms with Crippen molar-refractivity contribution in [3.05, 3.63) is 12.3 Å². The van der Waals surface area contributed by atoms with Gasteiger partial charge in [-0.05, 0) is 18.9 Å². The predicted molar refractivity (Wildman–Crippen MR) is 74.7 cm³/mol. The van der Waals surface area contributed by atoms with Crippen LogP contribution in [0.3, 0.4) is 0 Å². The highest BCUT2D eigenvalue weighted by Gasteiger charge is 2.04. The molecule has 0 rings (SSSR count). The molecule has 4 nitrogen and oxygen atoms in total. The molecule has 19 heavy (non-hydrogen) atoms. The number of carbonyl (C=O) groups excluding carboxylic acids is 1. The molecule has 0 aliphatic carbocycles. The Morgan fingerprint density at radius 1 is 1.00 bits per heavy atom. The van der Waals surface area contributed by atoms with Gasteiger partial charge in [-0.25, -0.2) is 0 Å². The molecule has 0 aromatic carbocycles. The molecule has 0 unspecified atom stereocenters. The molecule has 110 valence electrons. The van der Waals surface area contributed by atoms with Crippen molar-refractivity contribution in [3.8, 4) is 0 Å². The minimum atomic E-state index is -0.982. The van der Waals surface area contributed by atoms with Crippen LogP contribution in [-0.4, -0.2) is 17.0 Å². The van der Waals surface area contributed by atoms with E-state index < -0.39 is 11.9 Å². The van der Waals surface area contributed by atoms with Gasteiger partial charge in [0.25, 0.3) is 0 Å². The number of hydrogen-bond donors (Lipinski definition) is 1. The zero-order valence-electron chi connectivity index (χ0n) is 11.9. The van der Waals surface area contributed by atoms with E-state index in [9.17, 15) is 9.59 Å². The van der Waals surface area contributed by atoms with E-state index in [0.717, 1.165) is 12.8 Å². The number of allylic oxidation sites excluding steroid dienone is 1. The summed E-state index contributed by atoms with van der Waals surface area (Å²) < 4.78 is 4.77. The minimum Gasteiger partial charge on any atom is -0.481 e. The highest BCUT2D eigenvalue weighted by molar-refractivity contribution is 5.76. The van der Waals surface area contributed by atoms with E-state index in [1.54, 1.807) is 0 Å². The molecule has 0 saturated carbocycles. The number of ether oxygens (including phenoxy) is 1. The van der Waals surface area contributed by atoms with Crippen LogP contribution in [0.4, 0.5) is 0 Å². The lowest BCUT2D eigenvalue weighted by molar-refractivity contribution is -0.144. The van der Waals surface area contributed by atoms with Gasteiger partial charge in [0.15, 0.2) is 0 Å². The van der Waals surface area contributed by atoms with Gasteiger partial charge in [-0.15, -0.1) is 0 Å². The van der Waals surface area contributed by atoms with Gasteiger partial charge in [0, 0.05) is 0 Å². The number of rotatable bonds is 12. The van der Waals surface area contributed by atoms with Gasteiger partial charge in [-0.2, -0.15) is 0 Å². The fourth-order valence-electron chi connectivity index (χ4n) is 1.68. The van der Waals surface area contributed by atoms with Crippen molar-refractivity contribution in [1.82, 2.24) is 0 Å². The van der Waals surface area contributed by atoms with E-state index in [-0.39, 0.29) is 12.8 Å². The van der Waals surface area contributed by atoms with Crippen molar-refractivity contribution in [2.75, 3.05) is 0 Å². The van der Waals surface area contributed by atoms with Crippen LogP contribution in [0.25, 0.3) is 0 Å². The fourth-order valence-corrected chi connectivity index (χ4v) is 1.68. The first-order chi connectivity index (χ1) is 9.16. The van der Waals surface area contributed by atoms with E-state index >= 15 is 0 Å². The lowest BCUT2D eigenvalue weighted by Gasteiger charge is -1.99. The van der Waals surface area contributed by atoms with Crippen molar-refractivity contribution < 1.29 is 19.4 Å². The molecule has 0 heterocycles. The maximum absolute atomic E-state index is 11.0. The fraction of sp³-hybridized carbons (Fsp3) is 0.733. The third kappa shape index (κ3) is 14.6. The number of aliphatic carboxylic acids is 1. The van der Waals surface area contributed by atoms with E-state index in [0.29, 0.717) is 0 Å². The van der Waals surface area contributed by atoms with Gasteiger partial charge < -0.3 is 9.84 Å². The Labute approximate surface area is 115 Å². The maximum Gasteiger partial charge on any atom is 0.311 e. The van der Waals surface area contributed by atoms with Gasteiger partial charge >= 0.3 is 11.9 Å². The van der Waals surface area contributed by atoms with E-state index in [1.807, 2.05) is 6.08 Å². The van der Waals surface area contributed by atoms with Crippen molar-refractivity contribution >= 4 is 11.9 Å². The highest BCUT2D eigenvalue weighted by Crippen LogP contribution is 2.08. The second-order valence-corrected chi connectivity index (χ2v) is 4.67. The molecule has 0 fully saturated rings. The zero-order valence-corrected chi connectivity index (χ0v) is 11.9. The molecule has 0 aliphatic rings. The van der Waals surface area contributed by atoms with Gasteiger partial charge in [-0.1, -0.05) is 45.4 Å².